The summed E-state index contributed by atoms with van der Waals surface area (Å²) in [5.41, 5.74) is 4.00. The van der Waals surface area contributed by atoms with Crippen molar-refractivity contribution in [2.75, 3.05) is 0 Å². The van der Waals surface area contributed by atoms with E-state index in [1.54, 1.807) is 0 Å². The van der Waals surface area contributed by atoms with Crippen LogP contribution >= 0.6 is 22.6 Å². The summed E-state index contributed by atoms with van der Waals surface area (Å²) >= 11 is 2.59. The van der Waals surface area contributed by atoms with Crippen molar-refractivity contribution in [2.24, 2.45) is 0 Å². The molecule has 110 valence electrons. The van der Waals surface area contributed by atoms with Crippen molar-refractivity contribution in [3.8, 4) is 0 Å². The largest absolute Gasteiger partial charge is 0.0761 e. The molecular weight excluding hydrogens is 379 g/mol. The fourth-order valence-electron chi connectivity index (χ4n) is 2.98. The van der Waals surface area contributed by atoms with Gasteiger partial charge in [-0.2, -0.15) is 0 Å². The molecule has 0 spiro atoms. The molecule has 1 atom stereocenters. The van der Waals surface area contributed by atoms with Crippen LogP contribution in [0.1, 0.15) is 27.5 Å². The van der Waals surface area contributed by atoms with E-state index in [0.717, 1.165) is 0 Å². The molecule has 3 aromatic carbocycles. The summed E-state index contributed by atoms with van der Waals surface area (Å²) in [5.74, 6) is 0. The Balaban J connectivity index is 2.16. The van der Waals surface area contributed by atoms with Gasteiger partial charge in [-0.1, -0.05) is 121 Å². The number of rotatable bonds is 4. The zero-order valence-electron chi connectivity index (χ0n) is 12.6. The van der Waals surface area contributed by atoms with Crippen LogP contribution < -0.4 is 0 Å². The second-order valence-corrected chi connectivity index (χ2v) is 6.95. The predicted octanol–water partition coefficient (Wildman–Crippen LogP) is 6.17. The van der Waals surface area contributed by atoms with Crippen LogP contribution in [0.25, 0.3) is 0 Å². The van der Waals surface area contributed by atoms with E-state index in [2.05, 4.69) is 121 Å². The Hall–Kier alpha value is -1.61. The van der Waals surface area contributed by atoms with E-state index >= 15 is 0 Å². The van der Waals surface area contributed by atoms with Gasteiger partial charge in [0.2, 0.25) is 0 Å². The molecule has 0 aliphatic heterocycles. The van der Waals surface area contributed by atoms with Crippen molar-refractivity contribution in [3.05, 3.63) is 108 Å². The smallest absolute Gasteiger partial charge is 0.0494 e. The number of hydrogen-bond acceptors (Lipinski definition) is 0. The van der Waals surface area contributed by atoms with E-state index in [1.165, 1.54) is 16.7 Å². The van der Waals surface area contributed by atoms with Crippen LogP contribution in [0, 0.1) is 0 Å². The van der Waals surface area contributed by atoms with E-state index in [9.17, 15) is 0 Å². The molecule has 0 nitrogen and oxygen atoms in total. The maximum absolute atomic E-state index is 2.59. The quantitative estimate of drug-likeness (QED) is 0.364. The second kappa shape index (κ2) is 6.66. The highest BCUT2D eigenvalue weighted by atomic mass is 127. The summed E-state index contributed by atoms with van der Waals surface area (Å²) in [6.07, 6.45) is 0. The average Bonchev–Trinajstić information content (AvgIpc) is 2.62. The van der Waals surface area contributed by atoms with E-state index in [-0.39, 0.29) is 5.41 Å². The molecule has 0 aromatic heterocycles. The summed E-state index contributed by atoms with van der Waals surface area (Å²) < 4.78 is 0.357. The van der Waals surface area contributed by atoms with E-state index in [1.807, 2.05) is 0 Å². The first-order valence-electron chi connectivity index (χ1n) is 7.53. The molecule has 3 aromatic rings. The molecule has 0 amide bonds. The van der Waals surface area contributed by atoms with Crippen LogP contribution in [0.3, 0.4) is 0 Å². The lowest BCUT2D eigenvalue weighted by Gasteiger charge is -2.36. The Morgan fingerprint density at radius 3 is 1.41 bits per heavy atom. The zero-order valence-corrected chi connectivity index (χ0v) is 14.8. The van der Waals surface area contributed by atoms with Crippen molar-refractivity contribution in [2.45, 2.75) is 16.3 Å². The molecule has 0 aliphatic carbocycles. The molecule has 0 fully saturated rings. The molecule has 0 bridgehead atoms. The lowest BCUT2D eigenvalue weighted by atomic mass is 9.72. The first-order valence-corrected chi connectivity index (χ1v) is 8.77. The minimum atomic E-state index is -0.0650. The van der Waals surface area contributed by atoms with Crippen molar-refractivity contribution >= 4 is 22.6 Å². The lowest BCUT2D eigenvalue weighted by molar-refractivity contribution is 0.571. The summed E-state index contributed by atoms with van der Waals surface area (Å²) in [6.45, 7) is 2.35. The molecule has 0 N–H and O–H groups in total. The molecule has 0 saturated carbocycles. The maximum Gasteiger partial charge on any atom is 0.0494 e. The third-order valence-electron chi connectivity index (χ3n) is 4.35. The molecule has 3 rings (SSSR count). The van der Waals surface area contributed by atoms with Gasteiger partial charge in [-0.25, -0.2) is 0 Å². The monoisotopic (exact) mass is 398 g/mol. The maximum atomic E-state index is 2.59. The molecule has 0 radical (unpaired) electrons. The summed E-state index contributed by atoms with van der Waals surface area (Å²) in [4.78, 5) is 0. The minimum Gasteiger partial charge on any atom is -0.0761 e. The zero-order chi connectivity index (χ0) is 15.4. The Morgan fingerprint density at radius 1 is 0.636 bits per heavy atom. The van der Waals surface area contributed by atoms with Crippen LogP contribution in [0.5, 0.6) is 0 Å². The van der Waals surface area contributed by atoms with Crippen molar-refractivity contribution < 1.29 is 0 Å². The van der Waals surface area contributed by atoms with Gasteiger partial charge in [0.1, 0.15) is 0 Å². The van der Waals surface area contributed by atoms with Crippen LogP contribution in [-0.2, 0) is 5.41 Å². The first kappa shape index (κ1) is 15.3. The van der Waals surface area contributed by atoms with Gasteiger partial charge in [0.05, 0.1) is 0 Å². The van der Waals surface area contributed by atoms with Gasteiger partial charge in [-0.3, -0.25) is 0 Å². The Labute approximate surface area is 146 Å². The lowest BCUT2D eigenvalue weighted by Crippen LogP contribution is -2.28. The molecule has 1 unspecified atom stereocenters. The van der Waals surface area contributed by atoms with Gasteiger partial charge in [0.15, 0.2) is 0 Å². The minimum absolute atomic E-state index is 0.0650. The van der Waals surface area contributed by atoms with Gasteiger partial charge >= 0.3 is 0 Å². The second-order valence-electron chi connectivity index (χ2n) is 5.71. The van der Waals surface area contributed by atoms with Crippen LogP contribution in [-0.4, -0.2) is 0 Å². The summed E-state index contributed by atoms with van der Waals surface area (Å²) in [6, 6.07) is 32.4. The van der Waals surface area contributed by atoms with Crippen LogP contribution in [0.2, 0.25) is 0 Å². The molecule has 22 heavy (non-hydrogen) atoms. The highest BCUT2D eigenvalue weighted by Crippen LogP contribution is 2.48. The molecule has 0 heterocycles. The molecular formula is C21H19I. The summed E-state index contributed by atoms with van der Waals surface area (Å²) in [7, 11) is 0. The highest BCUT2D eigenvalue weighted by molar-refractivity contribution is 14.1. The number of hydrogen-bond donors (Lipinski definition) is 0. The average molecular weight is 398 g/mol. The number of benzene rings is 3. The van der Waals surface area contributed by atoms with Gasteiger partial charge in [-0.15, -0.1) is 0 Å². The highest BCUT2D eigenvalue weighted by Gasteiger charge is 2.36. The van der Waals surface area contributed by atoms with Crippen LogP contribution in [0.15, 0.2) is 91.0 Å². The third-order valence-corrected chi connectivity index (χ3v) is 6.31. The fourth-order valence-corrected chi connectivity index (χ4v) is 4.12. The Morgan fingerprint density at radius 2 is 1.00 bits per heavy atom. The first-order chi connectivity index (χ1) is 10.7. The van der Waals surface area contributed by atoms with Crippen molar-refractivity contribution in [1.82, 2.24) is 0 Å². The normalized spacial score (nSPS) is 12.8. The molecule has 1 heteroatoms. The van der Waals surface area contributed by atoms with Gasteiger partial charge in [0, 0.05) is 9.34 Å². The van der Waals surface area contributed by atoms with E-state index < -0.39 is 0 Å². The molecule has 0 saturated heterocycles. The van der Waals surface area contributed by atoms with Crippen LogP contribution in [0.4, 0.5) is 0 Å². The standard InChI is InChI=1S/C21H19I/c1-21(18-13-7-3-8-14-18,19-15-9-4-10-16-19)20(22)17-11-5-2-6-12-17/h2-16,20H,1H3. The predicted molar refractivity (Wildman–Crippen MR) is 103 cm³/mol. The van der Waals surface area contributed by atoms with E-state index in [4.69, 9.17) is 0 Å². The Kier molecular flexibility index (Phi) is 4.63. The fraction of sp³-hybridized carbons (Fsp3) is 0.143. The van der Waals surface area contributed by atoms with Crippen molar-refractivity contribution in [3.63, 3.8) is 0 Å². The van der Waals surface area contributed by atoms with E-state index in [0.29, 0.717) is 3.92 Å². The van der Waals surface area contributed by atoms with Gasteiger partial charge in [0.25, 0.3) is 0 Å². The van der Waals surface area contributed by atoms with Gasteiger partial charge in [-0.05, 0) is 16.7 Å². The Bertz CT molecular complexity index is 665. The molecule has 0 aliphatic rings. The number of alkyl halides is 1. The third kappa shape index (κ3) is 2.82. The SMILES string of the molecule is CC(c1ccccc1)(c1ccccc1)C(I)c1ccccc1. The number of halogens is 1. The van der Waals surface area contributed by atoms with Crippen molar-refractivity contribution in [1.29, 1.82) is 0 Å². The van der Waals surface area contributed by atoms with Gasteiger partial charge < -0.3 is 0 Å². The topological polar surface area (TPSA) is 0 Å². The summed E-state index contributed by atoms with van der Waals surface area (Å²) in [5, 5.41) is 0.